The fourth-order valence-electron chi connectivity index (χ4n) is 4.33. The minimum Gasteiger partial charge on any atom is -0.484 e. The molecule has 0 radical (unpaired) electrons. The van der Waals surface area contributed by atoms with Crippen molar-refractivity contribution in [2.45, 2.75) is 55.3 Å². The van der Waals surface area contributed by atoms with Crippen LogP contribution < -0.4 is 21.1 Å². The maximum Gasteiger partial charge on any atom is 0.258 e. The lowest BCUT2D eigenvalue weighted by atomic mass is 9.44. The summed E-state index contributed by atoms with van der Waals surface area (Å²) in [5.74, 6) is 0.346. The predicted molar refractivity (Wildman–Crippen MR) is 99.5 cm³/mol. The third-order valence-corrected chi connectivity index (χ3v) is 5.86. The second-order valence-corrected chi connectivity index (χ2v) is 8.53. The quantitative estimate of drug-likeness (QED) is 0.614. The van der Waals surface area contributed by atoms with E-state index in [9.17, 15) is 9.59 Å². The van der Waals surface area contributed by atoms with Crippen molar-refractivity contribution in [3.05, 3.63) is 29.3 Å². The molecule has 0 heterocycles. The number of carbonyl (C=O) groups excluding carboxylic acids is 2. The third-order valence-electron chi connectivity index (χ3n) is 5.60. The van der Waals surface area contributed by atoms with Crippen molar-refractivity contribution in [1.82, 2.24) is 10.6 Å². The fourth-order valence-corrected chi connectivity index (χ4v) is 4.46. The summed E-state index contributed by atoms with van der Waals surface area (Å²) in [6.45, 7) is 0.0353. The van der Waals surface area contributed by atoms with Crippen LogP contribution in [-0.4, -0.2) is 48.3 Å². The van der Waals surface area contributed by atoms with Crippen molar-refractivity contribution >= 4 is 23.4 Å². The number of amides is 2. The van der Waals surface area contributed by atoms with Crippen LogP contribution in [0.15, 0.2) is 24.3 Å². The molecule has 1 aromatic rings. The highest BCUT2D eigenvalue weighted by Gasteiger charge is 2.69. The lowest BCUT2D eigenvalue weighted by molar-refractivity contribution is -0.154. The van der Waals surface area contributed by atoms with E-state index in [-0.39, 0.29) is 48.3 Å². The Labute approximate surface area is 162 Å². The molecule has 2 amide bonds. The zero-order chi connectivity index (χ0) is 19.1. The molecule has 0 aromatic heterocycles. The first kappa shape index (κ1) is 18.5. The first-order valence-electron chi connectivity index (χ1n) is 9.23. The van der Waals surface area contributed by atoms with Crippen LogP contribution in [0.4, 0.5) is 0 Å². The van der Waals surface area contributed by atoms with Gasteiger partial charge >= 0.3 is 0 Å². The molecule has 4 N–H and O–H groups in total. The molecule has 0 unspecified atom stereocenters. The van der Waals surface area contributed by atoms with E-state index in [1.165, 1.54) is 0 Å². The van der Waals surface area contributed by atoms with Crippen LogP contribution in [0.25, 0.3) is 0 Å². The van der Waals surface area contributed by atoms with Gasteiger partial charge in [0.15, 0.2) is 6.61 Å². The van der Waals surface area contributed by atoms with Gasteiger partial charge in [-0.25, -0.2) is 0 Å². The molecule has 146 valence electrons. The molecule has 4 aliphatic carbocycles. The SMILES string of the molecule is N[C@H]1C[C@H](OCC(=O)NC23CC(NC(=O)COc4ccc(Cl)cc4)(C2)C3)C1. The normalized spacial score (nSPS) is 33.1. The number of carbonyl (C=O) groups is 2. The second kappa shape index (κ2) is 6.96. The van der Waals surface area contributed by atoms with Crippen LogP contribution in [0.2, 0.25) is 5.02 Å². The van der Waals surface area contributed by atoms with Gasteiger partial charge in [0.05, 0.1) is 6.10 Å². The number of benzene rings is 1. The van der Waals surface area contributed by atoms with Gasteiger partial charge in [0.25, 0.3) is 5.91 Å². The number of nitrogens with two attached hydrogens (primary N) is 1. The third kappa shape index (κ3) is 4.05. The molecule has 5 rings (SSSR count). The number of hydrogen-bond donors (Lipinski definition) is 3. The van der Waals surface area contributed by atoms with E-state index in [4.69, 9.17) is 26.8 Å². The fraction of sp³-hybridized carbons (Fsp3) is 0.579. The van der Waals surface area contributed by atoms with E-state index in [0.717, 1.165) is 32.1 Å². The van der Waals surface area contributed by atoms with Crippen LogP contribution >= 0.6 is 11.6 Å². The van der Waals surface area contributed by atoms with Crippen LogP contribution in [0.1, 0.15) is 32.1 Å². The van der Waals surface area contributed by atoms with Crippen molar-refractivity contribution in [2.24, 2.45) is 5.73 Å². The number of halogens is 1. The van der Waals surface area contributed by atoms with Gasteiger partial charge in [0.2, 0.25) is 5.91 Å². The lowest BCUT2D eigenvalue weighted by Crippen LogP contribution is -2.84. The Kier molecular flexibility index (Phi) is 4.78. The van der Waals surface area contributed by atoms with Gasteiger partial charge in [-0.1, -0.05) is 11.6 Å². The highest BCUT2D eigenvalue weighted by atomic mass is 35.5. The smallest absolute Gasteiger partial charge is 0.258 e. The van der Waals surface area contributed by atoms with Crippen molar-refractivity contribution in [3.8, 4) is 5.75 Å². The maximum atomic E-state index is 12.1. The summed E-state index contributed by atoms with van der Waals surface area (Å²) in [6, 6.07) is 7.08. The summed E-state index contributed by atoms with van der Waals surface area (Å²) in [5, 5.41) is 6.69. The van der Waals surface area contributed by atoms with Gasteiger partial charge in [-0.3, -0.25) is 9.59 Å². The van der Waals surface area contributed by atoms with Crippen molar-refractivity contribution in [3.63, 3.8) is 0 Å². The number of hydrogen-bond acceptors (Lipinski definition) is 5. The molecular weight excluding hydrogens is 370 g/mol. The Morgan fingerprint density at radius 3 is 2.15 bits per heavy atom. The molecule has 4 fully saturated rings. The minimum atomic E-state index is -0.199. The van der Waals surface area contributed by atoms with Gasteiger partial charge in [0.1, 0.15) is 12.4 Å². The monoisotopic (exact) mass is 393 g/mol. The average Bonchev–Trinajstić information content (AvgIpc) is 2.54. The van der Waals surface area contributed by atoms with Gasteiger partial charge in [-0.05, 0) is 56.4 Å². The van der Waals surface area contributed by atoms with Crippen LogP contribution in [0.3, 0.4) is 0 Å². The summed E-state index contributed by atoms with van der Waals surface area (Å²) >= 11 is 5.82. The van der Waals surface area contributed by atoms with Crippen molar-refractivity contribution in [2.75, 3.05) is 13.2 Å². The molecule has 1 aromatic carbocycles. The summed E-state index contributed by atoms with van der Waals surface area (Å²) in [7, 11) is 0. The highest BCUT2D eigenvalue weighted by Crippen LogP contribution is 2.60. The van der Waals surface area contributed by atoms with Crippen LogP contribution in [0.5, 0.6) is 5.75 Å². The topological polar surface area (TPSA) is 103 Å². The van der Waals surface area contributed by atoms with Crippen molar-refractivity contribution < 1.29 is 19.1 Å². The molecule has 0 saturated heterocycles. The highest BCUT2D eigenvalue weighted by molar-refractivity contribution is 6.30. The van der Waals surface area contributed by atoms with Crippen LogP contribution in [-0.2, 0) is 14.3 Å². The zero-order valence-electron chi connectivity index (χ0n) is 15.0. The minimum absolute atomic E-state index is 0.0416. The molecule has 4 saturated carbocycles. The van der Waals surface area contributed by atoms with Gasteiger partial charge in [-0.15, -0.1) is 0 Å². The summed E-state index contributed by atoms with van der Waals surface area (Å²) in [4.78, 5) is 24.1. The molecule has 0 aliphatic heterocycles. The molecule has 2 bridgehead atoms. The Hall–Kier alpha value is -1.83. The average molecular weight is 394 g/mol. The van der Waals surface area contributed by atoms with E-state index < -0.39 is 0 Å². The first-order chi connectivity index (χ1) is 12.9. The van der Waals surface area contributed by atoms with Gasteiger partial charge in [0, 0.05) is 22.1 Å². The zero-order valence-corrected chi connectivity index (χ0v) is 15.8. The van der Waals surface area contributed by atoms with E-state index >= 15 is 0 Å². The molecule has 4 aliphatic rings. The van der Waals surface area contributed by atoms with E-state index in [1.54, 1.807) is 24.3 Å². The Bertz CT molecular complexity index is 713. The molecule has 7 nitrogen and oxygen atoms in total. The maximum absolute atomic E-state index is 12.1. The predicted octanol–water partition coefficient (Wildman–Crippen LogP) is 1.13. The molecule has 0 atom stereocenters. The Morgan fingerprint density at radius 2 is 1.59 bits per heavy atom. The molecular formula is C19H24ClN3O4. The molecule has 8 heteroatoms. The lowest BCUT2D eigenvalue weighted by Gasteiger charge is -2.70. The Balaban J connectivity index is 1.13. The molecule has 0 spiro atoms. The molecule has 27 heavy (non-hydrogen) atoms. The Morgan fingerprint density at radius 1 is 1.04 bits per heavy atom. The first-order valence-corrected chi connectivity index (χ1v) is 9.61. The number of nitrogens with one attached hydrogen (secondary N) is 2. The number of rotatable bonds is 8. The van der Waals surface area contributed by atoms with E-state index in [2.05, 4.69) is 10.6 Å². The van der Waals surface area contributed by atoms with Gasteiger partial charge in [-0.2, -0.15) is 0 Å². The summed E-state index contributed by atoms with van der Waals surface area (Å²) in [6.07, 6.45) is 4.04. The van der Waals surface area contributed by atoms with Crippen LogP contribution in [0, 0.1) is 0 Å². The number of ether oxygens (including phenoxy) is 2. The largest absolute Gasteiger partial charge is 0.484 e. The summed E-state index contributed by atoms with van der Waals surface area (Å²) < 4.78 is 11.0. The summed E-state index contributed by atoms with van der Waals surface area (Å²) in [5.41, 5.74) is 5.32. The standard InChI is InChI=1S/C19H24ClN3O4/c20-12-1-3-14(4-2-12)26-7-16(24)22-18-9-19(10-18,11-18)23-17(25)8-27-15-5-13(21)6-15/h1-4,13,15H,5-11,21H2,(H,22,24)(H,23,25)/t13-,15-,18?,19?. The van der Waals surface area contributed by atoms with Crippen molar-refractivity contribution in [1.29, 1.82) is 0 Å². The van der Waals surface area contributed by atoms with E-state index in [0.29, 0.717) is 10.8 Å². The van der Waals surface area contributed by atoms with E-state index in [1.807, 2.05) is 0 Å². The second-order valence-electron chi connectivity index (χ2n) is 8.09. The van der Waals surface area contributed by atoms with Gasteiger partial charge < -0.3 is 25.8 Å².